The van der Waals surface area contributed by atoms with E-state index < -0.39 is 0 Å². The number of aromatic nitrogens is 1. The summed E-state index contributed by atoms with van der Waals surface area (Å²) in [6.07, 6.45) is 6.24. The number of hydrogen-bond donors (Lipinski definition) is 0. The normalized spacial score (nSPS) is 31.1. The van der Waals surface area contributed by atoms with Gasteiger partial charge in [0.25, 0.3) is 5.91 Å². The molecule has 3 heterocycles. The molecule has 2 saturated heterocycles. The van der Waals surface area contributed by atoms with Crippen molar-refractivity contribution in [2.24, 2.45) is 5.92 Å². The summed E-state index contributed by atoms with van der Waals surface area (Å²) < 4.78 is 11.3. The molecule has 2 aliphatic carbocycles. The second-order valence-electron chi connectivity index (χ2n) is 7.84. The van der Waals surface area contributed by atoms with E-state index in [9.17, 15) is 4.79 Å². The summed E-state index contributed by atoms with van der Waals surface area (Å²) in [5.74, 6) is 2.25. The molecule has 0 spiro atoms. The molecule has 2 aliphatic heterocycles. The third-order valence-corrected chi connectivity index (χ3v) is 5.90. The minimum absolute atomic E-state index is 0.0149. The van der Waals surface area contributed by atoms with Crippen LogP contribution in [0.5, 0.6) is 0 Å². The molecule has 6 nitrogen and oxygen atoms in total. The highest BCUT2D eigenvalue weighted by Crippen LogP contribution is 2.40. The van der Waals surface area contributed by atoms with Gasteiger partial charge in [-0.1, -0.05) is 5.16 Å². The summed E-state index contributed by atoms with van der Waals surface area (Å²) in [4.78, 5) is 17.3. The van der Waals surface area contributed by atoms with Crippen LogP contribution in [0.3, 0.4) is 0 Å². The lowest BCUT2D eigenvalue weighted by Crippen LogP contribution is -2.61. The summed E-state index contributed by atoms with van der Waals surface area (Å²) in [5, 5.41) is 4.02. The number of nitrogens with zero attached hydrogens (tertiary/aromatic N) is 3. The van der Waals surface area contributed by atoms with Crippen molar-refractivity contribution in [2.75, 3.05) is 32.8 Å². The van der Waals surface area contributed by atoms with Gasteiger partial charge >= 0.3 is 0 Å². The molecule has 6 heteroatoms. The maximum atomic E-state index is 12.8. The van der Waals surface area contributed by atoms with Gasteiger partial charge in [0.1, 0.15) is 5.76 Å². The van der Waals surface area contributed by atoms with Crippen molar-refractivity contribution in [1.82, 2.24) is 15.0 Å². The van der Waals surface area contributed by atoms with Gasteiger partial charge in [-0.05, 0) is 38.0 Å². The van der Waals surface area contributed by atoms with Crippen LogP contribution < -0.4 is 0 Å². The van der Waals surface area contributed by atoms with Crippen LogP contribution in [0.2, 0.25) is 0 Å². The molecule has 0 bridgehead atoms. The first kappa shape index (κ1) is 14.9. The Balaban J connectivity index is 1.28. The van der Waals surface area contributed by atoms with E-state index in [0.717, 1.165) is 57.2 Å². The number of ether oxygens (including phenoxy) is 1. The smallest absolute Gasteiger partial charge is 0.276 e. The number of likely N-dealkylation sites (tertiary alicyclic amines) is 1. The molecule has 4 aliphatic rings. The maximum Gasteiger partial charge on any atom is 0.276 e. The molecule has 1 aromatic heterocycles. The first-order valence-electron chi connectivity index (χ1n) is 9.39. The molecule has 2 saturated carbocycles. The molecule has 24 heavy (non-hydrogen) atoms. The van der Waals surface area contributed by atoms with Gasteiger partial charge in [-0.15, -0.1) is 0 Å². The number of carbonyl (C=O) groups excluding carboxylic acids is 1. The van der Waals surface area contributed by atoms with Crippen LogP contribution >= 0.6 is 0 Å². The van der Waals surface area contributed by atoms with Crippen molar-refractivity contribution in [3.63, 3.8) is 0 Å². The lowest BCUT2D eigenvalue weighted by Gasteiger charge is -2.47. The van der Waals surface area contributed by atoms with E-state index in [1.165, 1.54) is 19.4 Å². The molecule has 130 valence electrons. The molecular formula is C18H25N3O3. The molecule has 2 atom stereocenters. The molecular weight excluding hydrogens is 306 g/mol. The number of fused-ring (bicyclic) bond motifs is 1. The van der Waals surface area contributed by atoms with Gasteiger partial charge in [-0.3, -0.25) is 9.69 Å². The standard InChI is InChI=1S/C18H25N3O3/c22-18(14-9-17(24-19-14)13-3-4-13)21-6-5-16-15(11-21)20(7-8-23-16)10-12-1-2-12/h9,12-13,15-16H,1-8,10-11H2/t15-,16-/m0/s1. The van der Waals surface area contributed by atoms with E-state index in [0.29, 0.717) is 17.7 Å². The maximum absolute atomic E-state index is 12.8. The fraction of sp³-hybridized carbons (Fsp3) is 0.778. The zero-order chi connectivity index (χ0) is 16.1. The number of piperidine rings is 1. The molecule has 4 fully saturated rings. The number of morpholine rings is 1. The van der Waals surface area contributed by atoms with Gasteiger partial charge in [-0.25, -0.2) is 0 Å². The van der Waals surface area contributed by atoms with Crippen LogP contribution in [-0.4, -0.2) is 65.8 Å². The topological polar surface area (TPSA) is 58.8 Å². The lowest BCUT2D eigenvalue weighted by atomic mass is 9.98. The average Bonchev–Trinajstić information content (AvgIpc) is 3.55. The van der Waals surface area contributed by atoms with E-state index in [-0.39, 0.29) is 12.0 Å². The summed E-state index contributed by atoms with van der Waals surface area (Å²) in [5.41, 5.74) is 0.473. The zero-order valence-corrected chi connectivity index (χ0v) is 14.0. The number of rotatable bonds is 4. The van der Waals surface area contributed by atoms with Crippen LogP contribution in [0.1, 0.15) is 54.3 Å². The van der Waals surface area contributed by atoms with Crippen molar-refractivity contribution >= 4 is 5.91 Å². The van der Waals surface area contributed by atoms with Gasteiger partial charge in [0.15, 0.2) is 5.69 Å². The molecule has 5 rings (SSSR count). The zero-order valence-electron chi connectivity index (χ0n) is 14.0. The van der Waals surface area contributed by atoms with Crippen LogP contribution in [-0.2, 0) is 4.74 Å². The second-order valence-corrected chi connectivity index (χ2v) is 7.84. The average molecular weight is 331 g/mol. The van der Waals surface area contributed by atoms with Crippen LogP contribution in [0.15, 0.2) is 10.6 Å². The molecule has 0 aromatic carbocycles. The minimum atomic E-state index is 0.0149. The number of amides is 1. The van der Waals surface area contributed by atoms with Crippen LogP contribution in [0.25, 0.3) is 0 Å². The monoisotopic (exact) mass is 331 g/mol. The third-order valence-electron chi connectivity index (χ3n) is 5.90. The molecule has 0 radical (unpaired) electrons. The van der Waals surface area contributed by atoms with Gasteiger partial charge in [0.2, 0.25) is 0 Å². The van der Waals surface area contributed by atoms with Crippen LogP contribution in [0.4, 0.5) is 0 Å². The van der Waals surface area contributed by atoms with E-state index >= 15 is 0 Å². The predicted octanol–water partition coefficient (Wildman–Crippen LogP) is 1.88. The van der Waals surface area contributed by atoms with Crippen molar-refractivity contribution in [2.45, 2.75) is 50.2 Å². The van der Waals surface area contributed by atoms with Gasteiger partial charge < -0.3 is 14.2 Å². The van der Waals surface area contributed by atoms with Gasteiger partial charge in [0.05, 0.1) is 18.8 Å². The highest BCUT2D eigenvalue weighted by atomic mass is 16.5. The molecule has 1 amide bonds. The lowest BCUT2D eigenvalue weighted by molar-refractivity contribution is -0.0989. The first-order chi connectivity index (χ1) is 11.8. The SMILES string of the molecule is O=C(c1cc(C2CC2)on1)N1CC[C@@H]2OCCN(CC3CC3)[C@H]2C1. The largest absolute Gasteiger partial charge is 0.375 e. The Labute approximate surface area is 142 Å². The fourth-order valence-corrected chi connectivity index (χ4v) is 4.10. The second kappa shape index (κ2) is 5.85. The Morgan fingerprint density at radius 1 is 1.21 bits per heavy atom. The molecule has 0 N–H and O–H groups in total. The third kappa shape index (κ3) is 2.86. The highest BCUT2D eigenvalue weighted by Gasteiger charge is 2.41. The summed E-state index contributed by atoms with van der Waals surface area (Å²) in [6.45, 7) is 4.50. The Bertz CT molecular complexity index is 623. The van der Waals surface area contributed by atoms with E-state index in [1.54, 1.807) is 0 Å². The first-order valence-corrected chi connectivity index (χ1v) is 9.39. The van der Waals surface area contributed by atoms with Gasteiger partial charge in [0, 0.05) is 38.2 Å². The minimum Gasteiger partial charge on any atom is -0.375 e. The fourth-order valence-electron chi connectivity index (χ4n) is 4.10. The van der Waals surface area contributed by atoms with Crippen molar-refractivity contribution in [1.29, 1.82) is 0 Å². The summed E-state index contributed by atoms with van der Waals surface area (Å²) in [6, 6.07) is 2.19. The Morgan fingerprint density at radius 3 is 2.88 bits per heavy atom. The summed E-state index contributed by atoms with van der Waals surface area (Å²) in [7, 11) is 0. The van der Waals surface area contributed by atoms with E-state index in [4.69, 9.17) is 9.26 Å². The van der Waals surface area contributed by atoms with E-state index in [2.05, 4.69) is 10.1 Å². The van der Waals surface area contributed by atoms with E-state index in [1.807, 2.05) is 11.0 Å². The Kier molecular flexibility index (Phi) is 3.63. The molecule has 1 aromatic rings. The van der Waals surface area contributed by atoms with Crippen LogP contribution in [0, 0.1) is 5.92 Å². The van der Waals surface area contributed by atoms with Crippen molar-refractivity contribution < 1.29 is 14.1 Å². The van der Waals surface area contributed by atoms with Crippen molar-refractivity contribution in [3.8, 4) is 0 Å². The molecule has 0 unspecified atom stereocenters. The quantitative estimate of drug-likeness (QED) is 0.843. The van der Waals surface area contributed by atoms with Gasteiger partial charge in [-0.2, -0.15) is 0 Å². The Hall–Kier alpha value is -1.40. The highest BCUT2D eigenvalue weighted by molar-refractivity contribution is 5.92. The number of hydrogen-bond acceptors (Lipinski definition) is 5. The number of carbonyl (C=O) groups is 1. The van der Waals surface area contributed by atoms with Crippen molar-refractivity contribution in [3.05, 3.63) is 17.5 Å². The Morgan fingerprint density at radius 2 is 2.08 bits per heavy atom. The summed E-state index contributed by atoms with van der Waals surface area (Å²) >= 11 is 0. The predicted molar refractivity (Wildman–Crippen MR) is 86.8 cm³/mol.